The number of rotatable bonds is 2. The minimum Gasteiger partial charge on any atom is -0.443 e. The summed E-state index contributed by atoms with van der Waals surface area (Å²) in [6, 6.07) is 7.72. The van der Waals surface area contributed by atoms with E-state index < -0.39 is 29.7 Å². The Kier molecular flexibility index (Phi) is 8.68. The molecule has 10 nitrogen and oxygen atoms in total. The first-order valence-electron chi connectivity index (χ1n) is 11.3. The van der Waals surface area contributed by atoms with E-state index in [0.717, 1.165) is 11.1 Å². The lowest BCUT2D eigenvalue weighted by molar-refractivity contribution is -0.150. The Morgan fingerprint density at radius 2 is 1.62 bits per heavy atom. The van der Waals surface area contributed by atoms with Crippen molar-refractivity contribution >= 4 is 18.1 Å². The van der Waals surface area contributed by atoms with Crippen LogP contribution in [0, 0.1) is 6.92 Å². The van der Waals surface area contributed by atoms with Crippen molar-refractivity contribution in [2.24, 2.45) is 4.99 Å². The zero-order chi connectivity index (χ0) is 25.8. The van der Waals surface area contributed by atoms with Crippen molar-refractivity contribution in [2.45, 2.75) is 72.6 Å². The molecule has 0 aromatic heterocycles. The molecule has 2 amide bonds. The van der Waals surface area contributed by atoms with E-state index in [1.54, 1.807) is 70.3 Å². The largest absolute Gasteiger partial charge is 0.443 e. The molecule has 1 aromatic carbocycles. The predicted molar refractivity (Wildman–Crippen MR) is 130 cm³/mol. The van der Waals surface area contributed by atoms with Crippen molar-refractivity contribution < 1.29 is 24.2 Å². The monoisotopic (exact) mass is 477 g/mol. The lowest BCUT2D eigenvalue weighted by Gasteiger charge is -2.45. The SMILES string of the molecule is Cc1cccc(CN(C(=O)OC(C)(C)C)/C(=N/C(=O)OC(C)(C)C)N2CN(C)C(O)N(C)C2)c1. The predicted octanol–water partition coefficient (Wildman–Crippen LogP) is 3.39. The summed E-state index contributed by atoms with van der Waals surface area (Å²) < 4.78 is 11.1. The van der Waals surface area contributed by atoms with Gasteiger partial charge in [-0.25, -0.2) is 14.5 Å². The van der Waals surface area contributed by atoms with Crippen LogP contribution >= 0.6 is 0 Å². The van der Waals surface area contributed by atoms with Crippen molar-refractivity contribution in [3.05, 3.63) is 35.4 Å². The molecular weight excluding hydrogens is 438 g/mol. The second kappa shape index (κ2) is 10.7. The molecule has 0 radical (unpaired) electrons. The first-order chi connectivity index (χ1) is 15.6. The maximum absolute atomic E-state index is 13.4. The van der Waals surface area contributed by atoms with Crippen LogP contribution < -0.4 is 0 Å². The van der Waals surface area contributed by atoms with Crippen LogP contribution in [0.5, 0.6) is 0 Å². The molecule has 0 unspecified atom stereocenters. The molecule has 0 bridgehead atoms. The quantitative estimate of drug-likeness (QED) is 0.511. The zero-order valence-corrected chi connectivity index (χ0v) is 21.8. The Bertz CT molecular complexity index is 894. The maximum atomic E-state index is 13.4. The Balaban J connectivity index is 2.55. The van der Waals surface area contributed by atoms with E-state index in [9.17, 15) is 14.7 Å². The van der Waals surface area contributed by atoms with E-state index in [1.165, 1.54) is 4.90 Å². The number of aliphatic imine (C=N–C) groups is 1. The van der Waals surface area contributed by atoms with E-state index >= 15 is 0 Å². The Morgan fingerprint density at radius 1 is 1.06 bits per heavy atom. The van der Waals surface area contributed by atoms with Crippen LogP contribution in [-0.4, -0.2) is 87.8 Å². The van der Waals surface area contributed by atoms with Crippen molar-refractivity contribution in [1.29, 1.82) is 0 Å². The molecule has 1 heterocycles. The number of ether oxygens (including phenoxy) is 2. The molecule has 1 saturated heterocycles. The molecule has 1 aliphatic heterocycles. The number of carbonyl (C=O) groups is 2. The number of carbonyl (C=O) groups excluding carboxylic acids is 2. The molecular formula is C24H39N5O5. The highest BCUT2D eigenvalue weighted by molar-refractivity contribution is 5.99. The second-order valence-corrected chi connectivity index (χ2v) is 10.6. The molecule has 1 aliphatic rings. The van der Waals surface area contributed by atoms with E-state index in [4.69, 9.17) is 9.47 Å². The van der Waals surface area contributed by atoms with Crippen molar-refractivity contribution in [3.8, 4) is 0 Å². The summed E-state index contributed by atoms with van der Waals surface area (Å²) in [6.07, 6.45) is -2.28. The summed E-state index contributed by atoms with van der Waals surface area (Å²) in [5.74, 6) is 0.0793. The Labute approximate surface area is 202 Å². The first-order valence-corrected chi connectivity index (χ1v) is 11.3. The van der Waals surface area contributed by atoms with Crippen molar-refractivity contribution in [2.75, 3.05) is 27.4 Å². The number of amides is 2. The number of aryl methyl sites for hydroxylation is 1. The van der Waals surface area contributed by atoms with Gasteiger partial charge in [0.25, 0.3) is 0 Å². The average molecular weight is 478 g/mol. The van der Waals surface area contributed by atoms with Gasteiger partial charge in [0, 0.05) is 0 Å². The average Bonchev–Trinajstić information content (AvgIpc) is 2.65. The highest BCUT2D eigenvalue weighted by Crippen LogP contribution is 2.19. The normalized spacial score (nSPS) is 17.0. The van der Waals surface area contributed by atoms with Crippen LogP contribution in [0.15, 0.2) is 29.3 Å². The van der Waals surface area contributed by atoms with Gasteiger partial charge in [0.15, 0.2) is 6.35 Å². The first kappa shape index (κ1) is 27.6. The van der Waals surface area contributed by atoms with Crippen molar-refractivity contribution in [3.63, 3.8) is 0 Å². The third-order valence-electron chi connectivity index (χ3n) is 4.72. The van der Waals surface area contributed by atoms with Crippen LogP contribution in [0.25, 0.3) is 0 Å². The summed E-state index contributed by atoms with van der Waals surface area (Å²) in [5, 5.41) is 10.3. The number of hydrogen-bond donors (Lipinski definition) is 1. The van der Waals surface area contributed by atoms with Gasteiger partial charge >= 0.3 is 12.2 Å². The van der Waals surface area contributed by atoms with Gasteiger partial charge in [0.05, 0.1) is 19.9 Å². The molecule has 1 fully saturated rings. The molecule has 190 valence electrons. The lowest BCUT2D eigenvalue weighted by Crippen LogP contribution is -2.62. The minimum atomic E-state index is -0.822. The molecule has 34 heavy (non-hydrogen) atoms. The fourth-order valence-electron chi connectivity index (χ4n) is 3.39. The maximum Gasteiger partial charge on any atom is 0.437 e. The second-order valence-electron chi connectivity index (χ2n) is 10.6. The van der Waals surface area contributed by atoms with E-state index in [0.29, 0.717) is 0 Å². The van der Waals surface area contributed by atoms with E-state index in [-0.39, 0.29) is 25.8 Å². The van der Waals surface area contributed by atoms with Gasteiger partial charge in [-0.05, 0) is 68.1 Å². The van der Waals surface area contributed by atoms with Gasteiger partial charge < -0.3 is 19.5 Å². The zero-order valence-electron chi connectivity index (χ0n) is 21.8. The molecule has 2 rings (SSSR count). The van der Waals surface area contributed by atoms with Crippen LogP contribution in [0.2, 0.25) is 0 Å². The van der Waals surface area contributed by atoms with Gasteiger partial charge in [-0.1, -0.05) is 29.8 Å². The summed E-state index contributed by atoms with van der Waals surface area (Å²) in [7, 11) is 3.47. The number of nitrogens with zero attached hydrogens (tertiary/aromatic N) is 5. The van der Waals surface area contributed by atoms with Crippen LogP contribution in [0.3, 0.4) is 0 Å². The Hall–Kier alpha value is -2.69. The van der Waals surface area contributed by atoms with Crippen LogP contribution in [0.4, 0.5) is 9.59 Å². The van der Waals surface area contributed by atoms with Gasteiger partial charge in [-0.3, -0.25) is 9.80 Å². The lowest BCUT2D eigenvalue weighted by atomic mass is 10.1. The highest BCUT2D eigenvalue weighted by Gasteiger charge is 2.35. The molecule has 0 spiro atoms. The minimum absolute atomic E-state index is 0.0793. The fraction of sp³-hybridized carbons (Fsp3) is 0.625. The Morgan fingerprint density at radius 3 is 2.12 bits per heavy atom. The molecule has 0 aliphatic carbocycles. The number of hydrogen-bond acceptors (Lipinski definition) is 7. The summed E-state index contributed by atoms with van der Waals surface area (Å²) in [4.78, 5) is 36.8. The molecule has 1 N–H and O–H groups in total. The fourth-order valence-corrected chi connectivity index (χ4v) is 3.39. The van der Waals surface area contributed by atoms with Gasteiger partial charge in [0.1, 0.15) is 11.2 Å². The summed E-state index contributed by atoms with van der Waals surface area (Å²) in [5.41, 5.74) is 0.365. The number of aliphatic hydroxyl groups is 1. The van der Waals surface area contributed by atoms with Crippen molar-refractivity contribution in [1.82, 2.24) is 19.6 Å². The standard InChI is InChI=1S/C24H39N5O5/c1-17-11-10-12-18(13-17)14-29(22(32)34-24(5,6)7)19(25-20(30)33-23(2,3)4)28-15-26(8)21(31)27(9)16-28/h10-13,21,31H,14-16H2,1-9H3/b25-19+. The topological polar surface area (TPSA) is 98.1 Å². The van der Waals surface area contributed by atoms with Crippen LogP contribution in [-0.2, 0) is 16.0 Å². The highest BCUT2D eigenvalue weighted by atomic mass is 16.6. The molecule has 10 heteroatoms. The number of benzene rings is 1. The molecule has 0 atom stereocenters. The van der Waals surface area contributed by atoms with E-state index in [2.05, 4.69) is 4.99 Å². The third-order valence-corrected chi connectivity index (χ3v) is 4.72. The van der Waals surface area contributed by atoms with Gasteiger partial charge in [0.2, 0.25) is 5.96 Å². The van der Waals surface area contributed by atoms with Crippen LogP contribution in [0.1, 0.15) is 52.7 Å². The third kappa shape index (κ3) is 8.27. The van der Waals surface area contributed by atoms with E-state index in [1.807, 2.05) is 31.2 Å². The van der Waals surface area contributed by atoms with Gasteiger partial charge in [-0.15, -0.1) is 4.99 Å². The summed E-state index contributed by atoms with van der Waals surface area (Å²) in [6.45, 7) is 13.1. The number of guanidine groups is 1. The smallest absolute Gasteiger partial charge is 0.437 e. The summed E-state index contributed by atoms with van der Waals surface area (Å²) >= 11 is 0. The molecule has 0 saturated carbocycles. The van der Waals surface area contributed by atoms with Gasteiger partial charge in [-0.2, -0.15) is 0 Å². The number of aliphatic hydroxyl groups excluding tert-OH is 1. The molecule has 1 aromatic rings.